The van der Waals surface area contributed by atoms with Crippen molar-refractivity contribution in [1.82, 2.24) is 16.2 Å². The van der Waals surface area contributed by atoms with Crippen LogP contribution in [0.2, 0.25) is 0 Å². The minimum absolute atomic E-state index is 0.0272. The maximum Gasteiger partial charge on any atom is 0.238 e. The number of phenolic OH excluding ortho intramolecular Hbond substituents is 1. The van der Waals surface area contributed by atoms with E-state index in [0.29, 0.717) is 6.42 Å². The van der Waals surface area contributed by atoms with Gasteiger partial charge >= 0.3 is 0 Å². The quantitative estimate of drug-likeness (QED) is 0.655. The van der Waals surface area contributed by atoms with E-state index in [1.165, 1.54) is 11.3 Å². The zero-order chi connectivity index (χ0) is 19.5. The third kappa shape index (κ3) is 4.13. The van der Waals surface area contributed by atoms with E-state index in [2.05, 4.69) is 52.3 Å². The molecule has 0 spiro atoms. The summed E-state index contributed by atoms with van der Waals surface area (Å²) in [4.78, 5) is 15.1. The number of hydrogen-bond donors (Lipinski definition) is 4. The number of para-hydroxylation sites is 1. The first-order chi connectivity index (χ1) is 13.6. The van der Waals surface area contributed by atoms with Crippen LogP contribution in [0.15, 0.2) is 48.5 Å². The van der Waals surface area contributed by atoms with Crippen molar-refractivity contribution in [2.24, 2.45) is 0 Å². The molecule has 2 aromatic rings. The molecular formula is C22H28N4O2. The Labute approximate surface area is 165 Å². The van der Waals surface area contributed by atoms with Crippen molar-refractivity contribution in [1.29, 1.82) is 0 Å². The first kappa shape index (κ1) is 18.8. The third-order valence-corrected chi connectivity index (χ3v) is 5.74. The van der Waals surface area contributed by atoms with Gasteiger partial charge in [0.1, 0.15) is 11.8 Å². The fourth-order valence-electron chi connectivity index (χ4n) is 4.12. The van der Waals surface area contributed by atoms with E-state index in [4.69, 9.17) is 0 Å². The summed E-state index contributed by atoms with van der Waals surface area (Å²) >= 11 is 0. The molecule has 2 unspecified atom stereocenters. The summed E-state index contributed by atoms with van der Waals surface area (Å²) in [6, 6.07) is 15.7. The predicted octanol–water partition coefficient (Wildman–Crippen LogP) is 2.39. The number of phenols is 1. The highest BCUT2D eigenvalue weighted by molar-refractivity contribution is 5.82. The van der Waals surface area contributed by atoms with Crippen molar-refractivity contribution in [2.45, 2.75) is 44.3 Å². The average Bonchev–Trinajstić information content (AvgIpc) is 3.19. The molecule has 0 bridgehead atoms. The smallest absolute Gasteiger partial charge is 0.238 e. The fraction of sp³-hybridized carbons (Fsp3) is 0.409. The molecule has 6 nitrogen and oxygen atoms in total. The van der Waals surface area contributed by atoms with Crippen LogP contribution < -0.4 is 21.1 Å². The van der Waals surface area contributed by atoms with Crippen LogP contribution in [-0.4, -0.2) is 36.2 Å². The Morgan fingerprint density at radius 2 is 1.89 bits per heavy atom. The second-order valence-electron chi connectivity index (χ2n) is 7.80. The lowest BCUT2D eigenvalue weighted by Gasteiger charge is -2.34. The molecule has 2 saturated heterocycles. The van der Waals surface area contributed by atoms with E-state index >= 15 is 0 Å². The van der Waals surface area contributed by atoms with Crippen LogP contribution in [0.4, 0.5) is 5.69 Å². The molecule has 148 valence electrons. The summed E-state index contributed by atoms with van der Waals surface area (Å²) < 4.78 is 0. The van der Waals surface area contributed by atoms with Gasteiger partial charge in [-0.1, -0.05) is 30.3 Å². The van der Waals surface area contributed by atoms with Gasteiger partial charge in [0.05, 0.1) is 6.04 Å². The minimum Gasteiger partial charge on any atom is -0.508 e. The summed E-state index contributed by atoms with van der Waals surface area (Å²) in [5, 5.41) is 13.2. The molecule has 4 rings (SSSR count). The molecule has 1 amide bonds. The van der Waals surface area contributed by atoms with Crippen molar-refractivity contribution in [3.8, 4) is 5.75 Å². The number of piperidine rings is 1. The van der Waals surface area contributed by atoms with Crippen LogP contribution >= 0.6 is 0 Å². The molecule has 2 aliphatic rings. The van der Waals surface area contributed by atoms with E-state index in [-0.39, 0.29) is 29.8 Å². The number of carbonyl (C=O) groups excluding carboxylic acids is 1. The van der Waals surface area contributed by atoms with Crippen LogP contribution in [0, 0.1) is 6.92 Å². The molecule has 0 radical (unpaired) electrons. The van der Waals surface area contributed by atoms with Gasteiger partial charge in [0.25, 0.3) is 0 Å². The number of aryl methyl sites for hydroxylation is 1. The summed E-state index contributed by atoms with van der Waals surface area (Å²) in [5.41, 5.74) is 9.56. The molecule has 0 saturated carbocycles. The molecule has 6 heteroatoms. The number of hydrogen-bond acceptors (Lipinski definition) is 5. The molecule has 28 heavy (non-hydrogen) atoms. The van der Waals surface area contributed by atoms with Gasteiger partial charge in [-0.3, -0.25) is 4.79 Å². The lowest BCUT2D eigenvalue weighted by molar-refractivity contribution is -0.123. The van der Waals surface area contributed by atoms with Crippen molar-refractivity contribution >= 4 is 11.6 Å². The maximum atomic E-state index is 12.7. The number of hydrazine groups is 1. The van der Waals surface area contributed by atoms with Crippen LogP contribution in [-0.2, 0) is 4.79 Å². The number of carbonyl (C=O) groups is 1. The van der Waals surface area contributed by atoms with Gasteiger partial charge in [-0.15, -0.1) is 0 Å². The van der Waals surface area contributed by atoms with E-state index < -0.39 is 0 Å². The van der Waals surface area contributed by atoms with Crippen molar-refractivity contribution in [2.75, 3.05) is 18.0 Å². The second kappa shape index (κ2) is 8.20. The molecule has 2 aromatic carbocycles. The number of rotatable bonds is 4. The molecule has 2 heterocycles. The number of nitrogens with zero attached hydrogens (tertiary/aromatic N) is 1. The van der Waals surface area contributed by atoms with E-state index in [1.807, 2.05) is 12.1 Å². The SMILES string of the molecule is Cc1cccc(N2CCC(NC(=O)C3CC(c4ccccc4O)NN3)CC2)c1. The zero-order valence-electron chi connectivity index (χ0n) is 16.2. The standard InChI is InChI=1S/C22H28N4O2/c1-15-5-4-6-17(13-15)26-11-9-16(10-12-26)23-22(28)20-14-19(24-25-20)18-7-2-3-8-21(18)27/h2-8,13,16,19-20,24-25,27H,9-12,14H2,1H3,(H,23,28). The largest absolute Gasteiger partial charge is 0.508 e. The summed E-state index contributed by atoms with van der Waals surface area (Å²) in [6.07, 6.45) is 2.51. The monoisotopic (exact) mass is 380 g/mol. The van der Waals surface area contributed by atoms with Gasteiger partial charge in [-0.05, 0) is 49.9 Å². The van der Waals surface area contributed by atoms with Gasteiger partial charge in [-0.2, -0.15) is 0 Å². The summed E-state index contributed by atoms with van der Waals surface area (Å²) in [5.74, 6) is 0.283. The highest BCUT2D eigenvalue weighted by Crippen LogP contribution is 2.29. The summed E-state index contributed by atoms with van der Waals surface area (Å²) in [7, 11) is 0. The van der Waals surface area contributed by atoms with Crippen LogP contribution in [0.1, 0.15) is 36.4 Å². The van der Waals surface area contributed by atoms with Gasteiger partial charge < -0.3 is 15.3 Å². The van der Waals surface area contributed by atoms with Crippen LogP contribution in [0.3, 0.4) is 0 Å². The van der Waals surface area contributed by atoms with Crippen molar-refractivity contribution < 1.29 is 9.90 Å². The zero-order valence-corrected chi connectivity index (χ0v) is 16.2. The van der Waals surface area contributed by atoms with Gasteiger partial charge in [0, 0.05) is 30.4 Å². The number of benzene rings is 2. The van der Waals surface area contributed by atoms with E-state index in [0.717, 1.165) is 31.5 Å². The Hall–Kier alpha value is -2.57. The fourth-order valence-corrected chi connectivity index (χ4v) is 4.12. The minimum atomic E-state index is -0.292. The summed E-state index contributed by atoms with van der Waals surface area (Å²) in [6.45, 7) is 4.01. The maximum absolute atomic E-state index is 12.7. The van der Waals surface area contributed by atoms with Crippen molar-refractivity contribution in [3.63, 3.8) is 0 Å². The van der Waals surface area contributed by atoms with Crippen LogP contribution in [0.5, 0.6) is 5.75 Å². The van der Waals surface area contributed by atoms with Crippen molar-refractivity contribution in [3.05, 3.63) is 59.7 Å². The van der Waals surface area contributed by atoms with Gasteiger partial charge in [0.15, 0.2) is 0 Å². The number of aromatic hydroxyl groups is 1. The lowest BCUT2D eigenvalue weighted by atomic mass is 9.99. The first-order valence-corrected chi connectivity index (χ1v) is 10.0. The predicted molar refractivity (Wildman–Crippen MR) is 110 cm³/mol. The Balaban J connectivity index is 1.28. The highest BCUT2D eigenvalue weighted by atomic mass is 16.3. The van der Waals surface area contributed by atoms with Gasteiger partial charge in [-0.25, -0.2) is 10.9 Å². The molecule has 2 fully saturated rings. The van der Waals surface area contributed by atoms with Crippen LogP contribution in [0.25, 0.3) is 0 Å². The Morgan fingerprint density at radius 1 is 1.11 bits per heavy atom. The van der Waals surface area contributed by atoms with E-state index in [1.54, 1.807) is 12.1 Å². The van der Waals surface area contributed by atoms with Gasteiger partial charge in [0.2, 0.25) is 5.91 Å². The molecule has 4 N–H and O–H groups in total. The highest BCUT2D eigenvalue weighted by Gasteiger charge is 2.32. The second-order valence-corrected chi connectivity index (χ2v) is 7.80. The third-order valence-electron chi connectivity index (χ3n) is 5.74. The number of anilines is 1. The Bertz CT molecular complexity index is 833. The normalized spacial score (nSPS) is 23.0. The van der Waals surface area contributed by atoms with E-state index in [9.17, 15) is 9.90 Å². The number of amides is 1. The lowest BCUT2D eigenvalue weighted by Crippen LogP contribution is -2.50. The Morgan fingerprint density at radius 3 is 2.64 bits per heavy atom. The average molecular weight is 380 g/mol. The Kier molecular flexibility index (Phi) is 5.50. The molecule has 2 atom stereocenters. The molecule has 0 aromatic heterocycles. The molecule has 2 aliphatic heterocycles. The topological polar surface area (TPSA) is 76.6 Å². The molecular weight excluding hydrogens is 352 g/mol. The molecule has 0 aliphatic carbocycles. The number of nitrogens with one attached hydrogen (secondary N) is 3. The first-order valence-electron chi connectivity index (χ1n) is 10.0.